The van der Waals surface area contributed by atoms with Crippen molar-refractivity contribution in [3.63, 3.8) is 0 Å². The van der Waals surface area contributed by atoms with Crippen molar-refractivity contribution in [2.24, 2.45) is 28.1 Å². The minimum absolute atomic E-state index is 0.0215. The summed E-state index contributed by atoms with van der Waals surface area (Å²) in [5.74, 6) is 0.148. The summed E-state index contributed by atoms with van der Waals surface area (Å²) in [6.07, 6.45) is -9.76. The molecule has 0 spiro atoms. The SMILES string of the molecule is C=CC1(C)CCC2C(=CCC3C2(C)CC(O)C(OC2OC(CO)C(OC4OC(CO)C(O)C(O)C4O)C(O)C2O)C3(C)CO)C1. The molecular formula is C32H52O13. The van der Waals surface area contributed by atoms with E-state index in [1.54, 1.807) is 0 Å². The van der Waals surface area contributed by atoms with E-state index in [-0.39, 0.29) is 29.3 Å². The van der Waals surface area contributed by atoms with Gasteiger partial charge in [-0.15, -0.1) is 6.58 Å². The number of aliphatic hydroxyl groups is 9. The van der Waals surface area contributed by atoms with Gasteiger partial charge >= 0.3 is 0 Å². The zero-order valence-corrected chi connectivity index (χ0v) is 26.3. The van der Waals surface area contributed by atoms with E-state index in [4.69, 9.17) is 18.9 Å². The predicted molar refractivity (Wildman–Crippen MR) is 157 cm³/mol. The van der Waals surface area contributed by atoms with Gasteiger partial charge in [0.1, 0.15) is 48.8 Å². The van der Waals surface area contributed by atoms with Crippen LogP contribution in [0.2, 0.25) is 0 Å². The van der Waals surface area contributed by atoms with Crippen molar-refractivity contribution in [2.45, 2.75) is 126 Å². The average Bonchev–Trinajstić information content (AvgIpc) is 3.01. The predicted octanol–water partition coefficient (Wildman–Crippen LogP) is -1.30. The van der Waals surface area contributed by atoms with E-state index in [2.05, 4.69) is 26.5 Å². The Labute approximate surface area is 263 Å². The molecule has 17 atom stereocenters. The molecule has 2 saturated heterocycles. The van der Waals surface area contributed by atoms with E-state index in [9.17, 15) is 46.0 Å². The molecule has 5 rings (SSSR count). The summed E-state index contributed by atoms with van der Waals surface area (Å²) in [5, 5.41) is 94.9. The van der Waals surface area contributed by atoms with Crippen LogP contribution in [0.3, 0.4) is 0 Å². The summed E-state index contributed by atoms with van der Waals surface area (Å²) in [7, 11) is 0. The standard InChI is InChI=1S/C32H52O13/c1-5-30(2)9-8-16-15(10-30)6-7-20-31(16,3)11-17(36)27(32(20,4)14-35)45-29-25(41)23(39)26(19(13-34)43-29)44-28-24(40)22(38)21(37)18(12-33)42-28/h5-6,16-29,33-41H,1,7-14H2,2-4H3. The number of rotatable bonds is 8. The van der Waals surface area contributed by atoms with Gasteiger partial charge in [-0.1, -0.05) is 38.5 Å². The quantitative estimate of drug-likeness (QED) is 0.141. The molecule has 13 heteroatoms. The smallest absolute Gasteiger partial charge is 0.187 e. The molecule has 0 amide bonds. The number of aliphatic hydroxyl groups excluding tert-OH is 9. The van der Waals surface area contributed by atoms with E-state index in [1.807, 2.05) is 13.0 Å². The van der Waals surface area contributed by atoms with Gasteiger partial charge in [-0.3, -0.25) is 0 Å². The summed E-state index contributed by atoms with van der Waals surface area (Å²) in [4.78, 5) is 0. The van der Waals surface area contributed by atoms with Crippen LogP contribution in [0.25, 0.3) is 0 Å². The average molecular weight is 645 g/mol. The van der Waals surface area contributed by atoms with E-state index in [0.717, 1.165) is 19.3 Å². The Morgan fingerprint density at radius 3 is 2.11 bits per heavy atom. The molecule has 0 radical (unpaired) electrons. The molecule has 0 aromatic heterocycles. The summed E-state index contributed by atoms with van der Waals surface area (Å²) >= 11 is 0. The Bertz CT molecular complexity index is 1090. The molecule has 13 nitrogen and oxygen atoms in total. The normalized spacial score (nSPS) is 53.6. The molecule has 2 aliphatic heterocycles. The van der Waals surface area contributed by atoms with Gasteiger partial charge in [-0.2, -0.15) is 0 Å². The fourth-order valence-corrected chi connectivity index (χ4v) is 9.02. The first kappa shape index (κ1) is 35.3. The second kappa shape index (κ2) is 13.1. The highest BCUT2D eigenvalue weighted by atomic mass is 16.7. The molecule has 17 unspecified atom stereocenters. The van der Waals surface area contributed by atoms with Crippen molar-refractivity contribution < 1.29 is 64.9 Å². The number of ether oxygens (including phenoxy) is 4. The van der Waals surface area contributed by atoms with Crippen LogP contribution in [0.5, 0.6) is 0 Å². The molecule has 9 N–H and O–H groups in total. The molecule has 0 aromatic carbocycles. The van der Waals surface area contributed by atoms with Crippen molar-refractivity contribution in [1.29, 1.82) is 0 Å². The summed E-state index contributed by atoms with van der Waals surface area (Å²) in [5.41, 5.74) is 0.0975. The topological polar surface area (TPSA) is 219 Å². The van der Waals surface area contributed by atoms with E-state index < -0.39 is 92.2 Å². The molecule has 2 saturated carbocycles. The van der Waals surface area contributed by atoms with Crippen molar-refractivity contribution >= 4 is 0 Å². The zero-order valence-electron chi connectivity index (χ0n) is 26.3. The Balaban J connectivity index is 1.34. The van der Waals surface area contributed by atoms with Gasteiger partial charge in [0.05, 0.1) is 32.0 Å². The Morgan fingerprint density at radius 2 is 1.49 bits per heavy atom. The maximum absolute atomic E-state index is 11.6. The van der Waals surface area contributed by atoms with Crippen LogP contribution in [0.1, 0.15) is 52.9 Å². The maximum atomic E-state index is 11.6. The lowest BCUT2D eigenvalue weighted by Gasteiger charge is -2.63. The van der Waals surface area contributed by atoms with Crippen molar-refractivity contribution in [1.82, 2.24) is 0 Å². The summed E-state index contributed by atoms with van der Waals surface area (Å²) in [6, 6.07) is 0. The number of allylic oxidation sites excluding steroid dienone is 3. The highest BCUT2D eigenvalue weighted by Crippen LogP contribution is 2.64. The van der Waals surface area contributed by atoms with E-state index in [1.165, 1.54) is 5.57 Å². The van der Waals surface area contributed by atoms with Crippen molar-refractivity contribution in [2.75, 3.05) is 19.8 Å². The second-order valence-corrected chi connectivity index (χ2v) is 14.7. The van der Waals surface area contributed by atoms with Crippen molar-refractivity contribution in [3.05, 3.63) is 24.3 Å². The van der Waals surface area contributed by atoms with Crippen LogP contribution in [-0.4, -0.2) is 139 Å². The molecule has 4 fully saturated rings. The largest absolute Gasteiger partial charge is 0.396 e. The third-order valence-electron chi connectivity index (χ3n) is 11.8. The number of hydrogen-bond donors (Lipinski definition) is 9. The van der Waals surface area contributed by atoms with Crippen LogP contribution in [0.15, 0.2) is 24.3 Å². The van der Waals surface area contributed by atoms with Gasteiger partial charge in [0.25, 0.3) is 0 Å². The van der Waals surface area contributed by atoms with Gasteiger partial charge in [0, 0.05) is 5.41 Å². The van der Waals surface area contributed by atoms with Crippen LogP contribution >= 0.6 is 0 Å². The zero-order chi connectivity index (χ0) is 33.1. The van der Waals surface area contributed by atoms with Gasteiger partial charge in [0.2, 0.25) is 0 Å². The molecule has 0 aromatic rings. The molecule has 0 bridgehead atoms. The molecule has 2 heterocycles. The highest BCUT2D eigenvalue weighted by Gasteiger charge is 2.63. The molecule has 258 valence electrons. The lowest BCUT2D eigenvalue weighted by Crippen LogP contribution is -2.67. The van der Waals surface area contributed by atoms with Crippen LogP contribution in [0, 0.1) is 28.1 Å². The second-order valence-electron chi connectivity index (χ2n) is 14.7. The minimum atomic E-state index is -1.78. The summed E-state index contributed by atoms with van der Waals surface area (Å²) < 4.78 is 23.1. The van der Waals surface area contributed by atoms with Crippen molar-refractivity contribution in [3.8, 4) is 0 Å². The maximum Gasteiger partial charge on any atom is 0.187 e. The summed E-state index contributed by atoms with van der Waals surface area (Å²) in [6.45, 7) is 8.57. The first-order valence-corrected chi connectivity index (χ1v) is 16.0. The molecule has 3 aliphatic carbocycles. The van der Waals surface area contributed by atoms with E-state index >= 15 is 0 Å². The number of fused-ring (bicyclic) bond motifs is 3. The molecular weight excluding hydrogens is 592 g/mol. The third kappa shape index (κ3) is 5.96. The fraction of sp³-hybridized carbons (Fsp3) is 0.875. The molecule has 5 aliphatic rings. The van der Waals surface area contributed by atoms with Gasteiger partial charge < -0.3 is 64.9 Å². The first-order valence-electron chi connectivity index (χ1n) is 16.0. The van der Waals surface area contributed by atoms with Crippen LogP contribution in [0.4, 0.5) is 0 Å². The Hall–Kier alpha value is -1.04. The van der Waals surface area contributed by atoms with Crippen LogP contribution < -0.4 is 0 Å². The van der Waals surface area contributed by atoms with Crippen LogP contribution in [-0.2, 0) is 18.9 Å². The Kier molecular flexibility index (Phi) is 10.3. The number of hydrogen-bond acceptors (Lipinski definition) is 13. The minimum Gasteiger partial charge on any atom is -0.396 e. The van der Waals surface area contributed by atoms with Gasteiger partial charge in [-0.25, -0.2) is 0 Å². The third-order valence-corrected chi connectivity index (χ3v) is 11.8. The lowest BCUT2D eigenvalue weighted by atomic mass is 9.44. The lowest BCUT2D eigenvalue weighted by molar-refractivity contribution is -0.372. The highest BCUT2D eigenvalue weighted by molar-refractivity contribution is 5.26. The van der Waals surface area contributed by atoms with E-state index in [0.29, 0.717) is 12.8 Å². The Morgan fingerprint density at radius 1 is 0.867 bits per heavy atom. The van der Waals surface area contributed by atoms with Gasteiger partial charge in [0.15, 0.2) is 12.6 Å². The van der Waals surface area contributed by atoms with Gasteiger partial charge in [-0.05, 0) is 54.8 Å². The first-order chi connectivity index (χ1) is 21.2. The molecule has 45 heavy (non-hydrogen) atoms. The fourth-order valence-electron chi connectivity index (χ4n) is 9.02. The monoisotopic (exact) mass is 644 g/mol.